The van der Waals surface area contributed by atoms with Gasteiger partial charge in [0.2, 0.25) is 0 Å². The second kappa shape index (κ2) is 7.29. The van der Waals surface area contributed by atoms with Gasteiger partial charge in [0.1, 0.15) is 10.8 Å². The van der Waals surface area contributed by atoms with Gasteiger partial charge in [-0.2, -0.15) is 5.10 Å². The third kappa shape index (κ3) is 3.58. The second-order valence-electron chi connectivity index (χ2n) is 6.05. The molecule has 1 aliphatic rings. The van der Waals surface area contributed by atoms with E-state index in [2.05, 4.69) is 25.7 Å². The molecule has 0 spiro atoms. The van der Waals surface area contributed by atoms with E-state index in [1.54, 1.807) is 11.3 Å². The Hall–Kier alpha value is -1.96. The van der Waals surface area contributed by atoms with Crippen molar-refractivity contribution in [1.82, 2.24) is 30.4 Å². The normalized spacial score (nSPS) is 18.0. The molecule has 0 unspecified atom stereocenters. The Morgan fingerprint density at radius 3 is 3.00 bits per heavy atom. The first kappa shape index (κ1) is 16.9. The number of rotatable bonds is 5. The van der Waals surface area contributed by atoms with Crippen molar-refractivity contribution >= 4 is 17.4 Å². The number of fused-ring (bicyclic) bond motifs is 1. The van der Waals surface area contributed by atoms with Crippen molar-refractivity contribution in [3.05, 3.63) is 27.7 Å². The Bertz CT molecular complexity index is 709. The minimum absolute atomic E-state index is 0.0589. The molecule has 2 atom stereocenters. The molecule has 3 heterocycles. The molecule has 0 fully saturated rings. The first-order valence-corrected chi connectivity index (χ1v) is 9.35. The molecular formula is C16H24N6OS. The van der Waals surface area contributed by atoms with Crippen LogP contribution in [0.25, 0.3) is 0 Å². The molecule has 24 heavy (non-hydrogen) atoms. The summed E-state index contributed by atoms with van der Waals surface area (Å²) in [4.78, 5) is 22.5. The van der Waals surface area contributed by atoms with Crippen molar-refractivity contribution < 1.29 is 4.79 Å². The zero-order chi connectivity index (χ0) is 17.1. The number of urea groups is 1. The van der Waals surface area contributed by atoms with Crippen molar-refractivity contribution in [1.29, 1.82) is 0 Å². The summed E-state index contributed by atoms with van der Waals surface area (Å²) in [6.45, 7) is 6.98. The lowest BCUT2D eigenvalue weighted by Gasteiger charge is -2.24. The van der Waals surface area contributed by atoms with Gasteiger partial charge in [-0.15, -0.1) is 11.3 Å². The summed E-state index contributed by atoms with van der Waals surface area (Å²) in [6.07, 6.45) is 5.34. The standard InChI is InChI=1S/C16H24N6OS/c1-4-11(15-17-9-10(3)24-15)18-16(23)19-12-7-6-8-22-14(12)20-13(5-2)21-22/h9,11-12H,4-8H2,1-3H3,(H2,18,19,23)/t11-,12+/m0/s1. The van der Waals surface area contributed by atoms with Crippen LogP contribution in [0.2, 0.25) is 0 Å². The molecule has 0 aliphatic carbocycles. The summed E-state index contributed by atoms with van der Waals surface area (Å²) in [5.74, 6) is 1.70. The van der Waals surface area contributed by atoms with Crippen LogP contribution in [-0.2, 0) is 13.0 Å². The van der Waals surface area contributed by atoms with Crippen molar-refractivity contribution in [2.24, 2.45) is 0 Å². The van der Waals surface area contributed by atoms with E-state index in [1.807, 2.05) is 31.6 Å². The summed E-state index contributed by atoms with van der Waals surface area (Å²) >= 11 is 1.62. The van der Waals surface area contributed by atoms with Crippen molar-refractivity contribution in [2.45, 2.75) is 65.1 Å². The number of aryl methyl sites for hydroxylation is 3. The quantitative estimate of drug-likeness (QED) is 0.870. The van der Waals surface area contributed by atoms with Gasteiger partial charge < -0.3 is 10.6 Å². The molecule has 1 aliphatic heterocycles. The zero-order valence-corrected chi connectivity index (χ0v) is 15.2. The fourth-order valence-electron chi connectivity index (χ4n) is 2.92. The predicted molar refractivity (Wildman–Crippen MR) is 92.9 cm³/mol. The summed E-state index contributed by atoms with van der Waals surface area (Å²) < 4.78 is 1.93. The number of hydrogen-bond donors (Lipinski definition) is 2. The molecular weight excluding hydrogens is 324 g/mol. The van der Waals surface area contributed by atoms with Crippen LogP contribution in [0.4, 0.5) is 4.79 Å². The molecule has 0 aromatic carbocycles. The van der Waals surface area contributed by atoms with E-state index in [1.165, 1.54) is 0 Å². The van der Waals surface area contributed by atoms with E-state index < -0.39 is 0 Å². The highest BCUT2D eigenvalue weighted by molar-refractivity contribution is 7.11. The number of thiazole rings is 1. The molecule has 2 aromatic rings. The molecule has 130 valence electrons. The van der Waals surface area contributed by atoms with Gasteiger partial charge in [-0.1, -0.05) is 13.8 Å². The average Bonchev–Trinajstić information content (AvgIpc) is 3.19. The SMILES string of the molecule is CCc1nc2n(n1)CCC[C@H]2NC(=O)N[C@@H](CC)c1ncc(C)s1. The lowest BCUT2D eigenvalue weighted by Crippen LogP contribution is -2.41. The second-order valence-corrected chi connectivity index (χ2v) is 7.31. The molecule has 0 radical (unpaired) electrons. The van der Waals surface area contributed by atoms with E-state index in [0.717, 1.165) is 53.8 Å². The Kier molecular flexibility index (Phi) is 5.13. The third-order valence-electron chi connectivity index (χ3n) is 4.19. The van der Waals surface area contributed by atoms with Gasteiger partial charge in [0.05, 0.1) is 12.1 Å². The van der Waals surface area contributed by atoms with E-state index in [0.29, 0.717) is 0 Å². The summed E-state index contributed by atoms with van der Waals surface area (Å²) in [5.41, 5.74) is 0. The molecule has 2 aromatic heterocycles. The number of aromatic nitrogens is 4. The fourth-order valence-corrected chi connectivity index (χ4v) is 3.82. The molecule has 2 amide bonds. The monoisotopic (exact) mass is 348 g/mol. The molecule has 3 rings (SSSR count). The smallest absolute Gasteiger partial charge is 0.315 e. The van der Waals surface area contributed by atoms with Crippen LogP contribution in [-0.4, -0.2) is 25.8 Å². The summed E-state index contributed by atoms with van der Waals surface area (Å²) in [5, 5.41) is 11.5. The van der Waals surface area contributed by atoms with Gasteiger partial charge in [0, 0.05) is 24.0 Å². The lowest BCUT2D eigenvalue weighted by molar-refractivity contribution is 0.228. The fraction of sp³-hybridized carbons (Fsp3) is 0.625. The van der Waals surface area contributed by atoms with Gasteiger partial charge in [-0.05, 0) is 26.2 Å². The summed E-state index contributed by atoms with van der Waals surface area (Å²) in [7, 11) is 0. The van der Waals surface area contributed by atoms with Crippen LogP contribution < -0.4 is 10.6 Å². The van der Waals surface area contributed by atoms with Crippen LogP contribution in [0, 0.1) is 6.92 Å². The minimum Gasteiger partial charge on any atom is -0.329 e. The molecule has 0 saturated carbocycles. The maximum atomic E-state index is 12.4. The maximum Gasteiger partial charge on any atom is 0.315 e. The Morgan fingerprint density at radius 1 is 1.50 bits per heavy atom. The molecule has 0 saturated heterocycles. The highest BCUT2D eigenvalue weighted by Gasteiger charge is 2.26. The van der Waals surface area contributed by atoms with Gasteiger partial charge in [-0.3, -0.25) is 0 Å². The zero-order valence-electron chi connectivity index (χ0n) is 14.4. The van der Waals surface area contributed by atoms with Crippen molar-refractivity contribution in [3.8, 4) is 0 Å². The van der Waals surface area contributed by atoms with Crippen LogP contribution in [0.15, 0.2) is 6.20 Å². The number of amides is 2. The number of nitrogens with zero attached hydrogens (tertiary/aromatic N) is 4. The topological polar surface area (TPSA) is 84.7 Å². The van der Waals surface area contributed by atoms with E-state index in [4.69, 9.17) is 0 Å². The lowest BCUT2D eigenvalue weighted by atomic mass is 10.1. The van der Waals surface area contributed by atoms with E-state index in [9.17, 15) is 4.79 Å². The van der Waals surface area contributed by atoms with Crippen molar-refractivity contribution in [2.75, 3.05) is 0 Å². The highest BCUT2D eigenvalue weighted by Crippen LogP contribution is 2.24. The van der Waals surface area contributed by atoms with Gasteiger partial charge >= 0.3 is 6.03 Å². The van der Waals surface area contributed by atoms with Gasteiger partial charge in [-0.25, -0.2) is 19.4 Å². The van der Waals surface area contributed by atoms with E-state index >= 15 is 0 Å². The number of nitrogens with one attached hydrogen (secondary N) is 2. The van der Waals surface area contributed by atoms with Crippen LogP contribution in [0.3, 0.4) is 0 Å². The van der Waals surface area contributed by atoms with Crippen LogP contribution >= 0.6 is 11.3 Å². The van der Waals surface area contributed by atoms with E-state index in [-0.39, 0.29) is 18.1 Å². The highest BCUT2D eigenvalue weighted by atomic mass is 32.1. The summed E-state index contributed by atoms with van der Waals surface area (Å²) in [6, 6.07) is -0.312. The van der Waals surface area contributed by atoms with Gasteiger partial charge in [0.25, 0.3) is 0 Å². The molecule has 7 nitrogen and oxygen atoms in total. The molecule has 8 heteroatoms. The minimum atomic E-state index is -0.172. The Labute approximate surface area is 145 Å². The largest absolute Gasteiger partial charge is 0.329 e. The van der Waals surface area contributed by atoms with Crippen molar-refractivity contribution in [3.63, 3.8) is 0 Å². The number of carbonyl (C=O) groups is 1. The number of hydrogen-bond acceptors (Lipinski definition) is 5. The first-order chi connectivity index (χ1) is 11.6. The van der Waals surface area contributed by atoms with Crippen LogP contribution in [0.5, 0.6) is 0 Å². The first-order valence-electron chi connectivity index (χ1n) is 8.53. The molecule has 2 N–H and O–H groups in total. The Balaban J connectivity index is 1.66. The van der Waals surface area contributed by atoms with Gasteiger partial charge in [0.15, 0.2) is 5.82 Å². The van der Waals surface area contributed by atoms with Crippen LogP contribution in [0.1, 0.15) is 66.7 Å². The predicted octanol–water partition coefficient (Wildman–Crippen LogP) is 2.89. The average molecular weight is 348 g/mol. The molecule has 0 bridgehead atoms. The third-order valence-corrected chi connectivity index (χ3v) is 5.22. The maximum absolute atomic E-state index is 12.4. The number of carbonyl (C=O) groups excluding carboxylic acids is 1. The Morgan fingerprint density at radius 2 is 2.33 bits per heavy atom.